The fraction of sp³-hybridized carbons (Fsp3) is 1.00. The third kappa shape index (κ3) is 1.91. The number of rotatable bonds is 2. The Morgan fingerprint density at radius 2 is 1.82 bits per heavy atom. The van der Waals surface area contributed by atoms with Crippen LogP contribution >= 0.6 is 11.8 Å². The smallest absolute Gasteiger partial charge is 0.0479 e. The number of hydrogen-bond acceptors (Lipinski definition) is 2. The van der Waals surface area contributed by atoms with Gasteiger partial charge in [0.25, 0.3) is 0 Å². The van der Waals surface area contributed by atoms with Crippen LogP contribution < -0.4 is 0 Å². The second kappa shape index (κ2) is 3.81. The Balaban J connectivity index is 2.57. The van der Waals surface area contributed by atoms with Crippen molar-refractivity contribution < 1.29 is 4.74 Å². The summed E-state index contributed by atoms with van der Waals surface area (Å²) in [5.41, 5.74) is 0. The minimum absolute atomic E-state index is 0.512. The van der Waals surface area contributed by atoms with Crippen LogP contribution in [-0.4, -0.2) is 24.2 Å². The summed E-state index contributed by atoms with van der Waals surface area (Å²) in [4.78, 5) is 0. The summed E-state index contributed by atoms with van der Waals surface area (Å²) in [6, 6.07) is 0. The molecule has 0 radical (unpaired) electrons. The quantitative estimate of drug-likeness (QED) is 0.636. The van der Waals surface area contributed by atoms with E-state index >= 15 is 0 Å². The normalized spacial score (nSPS) is 24.0. The Bertz CT molecular complexity index is 117. The maximum absolute atomic E-state index is 5.36. The van der Waals surface area contributed by atoms with Crippen molar-refractivity contribution >= 4 is 11.8 Å². The first-order valence-corrected chi connectivity index (χ1v) is 5.56. The van der Waals surface area contributed by atoms with Crippen LogP contribution in [0.4, 0.5) is 0 Å². The Morgan fingerprint density at radius 3 is 2.09 bits per heavy atom. The molecule has 0 N–H and O–H groups in total. The van der Waals surface area contributed by atoms with Gasteiger partial charge in [0.15, 0.2) is 0 Å². The molecule has 0 aromatic rings. The second-order valence-electron chi connectivity index (χ2n) is 3.54. The number of thioether (sulfide) groups is 1. The van der Waals surface area contributed by atoms with Gasteiger partial charge in [-0.15, -0.1) is 0 Å². The first-order valence-electron chi connectivity index (χ1n) is 4.34. The summed E-state index contributed by atoms with van der Waals surface area (Å²) in [6.45, 7) is 6.56. The average molecular weight is 174 g/mol. The highest BCUT2D eigenvalue weighted by atomic mass is 32.2. The Hall–Kier alpha value is 0.310. The van der Waals surface area contributed by atoms with E-state index < -0.39 is 0 Å². The van der Waals surface area contributed by atoms with E-state index in [4.69, 9.17) is 4.74 Å². The third-order valence-electron chi connectivity index (χ3n) is 2.80. The third-order valence-corrected chi connectivity index (χ3v) is 4.49. The van der Waals surface area contributed by atoms with Gasteiger partial charge in [-0.25, -0.2) is 0 Å². The molecule has 0 aromatic heterocycles. The van der Waals surface area contributed by atoms with Crippen LogP contribution in [0, 0.1) is 5.92 Å². The number of hydrogen-bond donors (Lipinski definition) is 0. The van der Waals surface area contributed by atoms with E-state index in [0.29, 0.717) is 4.75 Å². The van der Waals surface area contributed by atoms with Gasteiger partial charge in [0.1, 0.15) is 0 Å². The molecule has 0 aromatic carbocycles. The van der Waals surface area contributed by atoms with Crippen LogP contribution in [0.15, 0.2) is 0 Å². The summed E-state index contributed by atoms with van der Waals surface area (Å²) >= 11 is 2.02. The van der Waals surface area contributed by atoms with Gasteiger partial charge in [-0.05, 0) is 25.0 Å². The molecule has 0 aliphatic carbocycles. The fourth-order valence-electron chi connectivity index (χ4n) is 1.73. The first-order chi connectivity index (χ1) is 5.21. The van der Waals surface area contributed by atoms with Crippen LogP contribution in [0.3, 0.4) is 0 Å². The SMILES string of the molecule is CSC1(C(C)C)CCOCC1. The molecule has 0 bridgehead atoms. The number of ether oxygens (including phenoxy) is 1. The van der Waals surface area contributed by atoms with Crippen molar-refractivity contribution in [2.24, 2.45) is 5.92 Å². The average Bonchev–Trinajstić information content (AvgIpc) is 2.05. The molecule has 2 heteroatoms. The van der Waals surface area contributed by atoms with Gasteiger partial charge in [0.2, 0.25) is 0 Å². The molecular formula is C9H18OS. The van der Waals surface area contributed by atoms with Gasteiger partial charge in [-0.3, -0.25) is 0 Å². The molecule has 0 atom stereocenters. The topological polar surface area (TPSA) is 9.23 Å². The summed E-state index contributed by atoms with van der Waals surface area (Å²) in [6.07, 6.45) is 4.68. The van der Waals surface area contributed by atoms with Crippen molar-refractivity contribution in [3.05, 3.63) is 0 Å². The van der Waals surface area contributed by atoms with E-state index in [9.17, 15) is 0 Å². The lowest BCUT2D eigenvalue weighted by Gasteiger charge is -2.39. The van der Waals surface area contributed by atoms with Gasteiger partial charge in [0.05, 0.1) is 0 Å². The van der Waals surface area contributed by atoms with Crippen molar-refractivity contribution in [1.82, 2.24) is 0 Å². The molecule has 0 unspecified atom stereocenters. The maximum Gasteiger partial charge on any atom is 0.0479 e. The van der Waals surface area contributed by atoms with E-state index in [-0.39, 0.29) is 0 Å². The van der Waals surface area contributed by atoms with E-state index in [1.807, 2.05) is 11.8 Å². The standard InChI is InChI=1S/C9H18OS/c1-8(2)9(11-3)4-6-10-7-5-9/h8H,4-7H2,1-3H3. The molecule has 1 aliphatic heterocycles. The minimum atomic E-state index is 0.512. The lowest BCUT2D eigenvalue weighted by atomic mass is 9.87. The molecule has 1 aliphatic rings. The highest BCUT2D eigenvalue weighted by Crippen LogP contribution is 2.39. The van der Waals surface area contributed by atoms with Crippen molar-refractivity contribution in [2.45, 2.75) is 31.4 Å². The largest absolute Gasteiger partial charge is 0.381 e. The molecule has 11 heavy (non-hydrogen) atoms. The zero-order chi connectivity index (χ0) is 8.32. The summed E-state index contributed by atoms with van der Waals surface area (Å²) < 4.78 is 5.88. The molecule has 1 saturated heterocycles. The van der Waals surface area contributed by atoms with Gasteiger partial charge in [-0.1, -0.05) is 13.8 Å². The minimum Gasteiger partial charge on any atom is -0.381 e. The lowest BCUT2D eigenvalue weighted by Crippen LogP contribution is -2.37. The van der Waals surface area contributed by atoms with Crippen molar-refractivity contribution in [2.75, 3.05) is 19.5 Å². The van der Waals surface area contributed by atoms with Gasteiger partial charge in [-0.2, -0.15) is 11.8 Å². The molecule has 66 valence electrons. The van der Waals surface area contributed by atoms with E-state index in [2.05, 4.69) is 20.1 Å². The molecule has 0 amide bonds. The van der Waals surface area contributed by atoms with E-state index in [0.717, 1.165) is 19.1 Å². The van der Waals surface area contributed by atoms with Crippen LogP contribution in [0.2, 0.25) is 0 Å². The van der Waals surface area contributed by atoms with Crippen LogP contribution in [0.5, 0.6) is 0 Å². The Labute approximate surface area is 73.9 Å². The monoisotopic (exact) mass is 174 g/mol. The van der Waals surface area contributed by atoms with Gasteiger partial charge < -0.3 is 4.74 Å². The van der Waals surface area contributed by atoms with Crippen LogP contribution in [-0.2, 0) is 4.74 Å². The fourth-order valence-corrected chi connectivity index (χ4v) is 2.78. The van der Waals surface area contributed by atoms with E-state index in [1.165, 1.54) is 12.8 Å². The zero-order valence-electron chi connectivity index (χ0n) is 7.72. The molecular weight excluding hydrogens is 156 g/mol. The lowest BCUT2D eigenvalue weighted by molar-refractivity contribution is 0.0658. The zero-order valence-corrected chi connectivity index (χ0v) is 8.54. The van der Waals surface area contributed by atoms with Gasteiger partial charge in [0, 0.05) is 18.0 Å². The highest BCUT2D eigenvalue weighted by Gasteiger charge is 2.34. The van der Waals surface area contributed by atoms with Crippen molar-refractivity contribution in [1.29, 1.82) is 0 Å². The molecule has 1 heterocycles. The predicted molar refractivity (Wildman–Crippen MR) is 51.1 cm³/mol. The first kappa shape index (κ1) is 9.40. The summed E-state index contributed by atoms with van der Waals surface area (Å²) in [7, 11) is 0. The van der Waals surface area contributed by atoms with E-state index in [1.54, 1.807) is 0 Å². The Kier molecular flexibility index (Phi) is 3.26. The maximum atomic E-state index is 5.36. The summed E-state index contributed by atoms with van der Waals surface area (Å²) in [5, 5.41) is 0. The second-order valence-corrected chi connectivity index (χ2v) is 4.76. The van der Waals surface area contributed by atoms with Gasteiger partial charge >= 0.3 is 0 Å². The molecule has 1 rings (SSSR count). The highest BCUT2D eigenvalue weighted by molar-refractivity contribution is 8.00. The molecule has 1 nitrogen and oxygen atoms in total. The van der Waals surface area contributed by atoms with Crippen molar-refractivity contribution in [3.8, 4) is 0 Å². The van der Waals surface area contributed by atoms with Crippen molar-refractivity contribution in [3.63, 3.8) is 0 Å². The summed E-state index contributed by atoms with van der Waals surface area (Å²) in [5.74, 6) is 0.779. The molecule has 0 saturated carbocycles. The Morgan fingerprint density at radius 1 is 1.27 bits per heavy atom. The molecule has 1 fully saturated rings. The van der Waals surface area contributed by atoms with Crippen LogP contribution in [0.1, 0.15) is 26.7 Å². The predicted octanol–water partition coefficient (Wildman–Crippen LogP) is 2.55. The molecule has 0 spiro atoms. The van der Waals surface area contributed by atoms with Crippen LogP contribution in [0.25, 0.3) is 0 Å².